The first-order chi connectivity index (χ1) is 17.5. The van der Waals surface area contributed by atoms with Crippen molar-refractivity contribution in [2.24, 2.45) is 5.73 Å². The van der Waals surface area contributed by atoms with E-state index in [0.717, 1.165) is 49.1 Å². The van der Waals surface area contributed by atoms with Crippen molar-refractivity contribution in [1.29, 1.82) is 0 Å². The SMILES string of the molecule is COCCOc1cc(F)c(-c2ccc3cnc(Nc4cnccc4C4CCCC(N)C4)n3n2)c(F)c1. The lowest BCUT2D eigenvalue weighted by Gasteiger charge is -2.28. The molecule has 36 heavy (non-hydrogen) atoms. The number of rotatable bonds is 8. The van der Waals surface area contributed by atoms with Crippen molar-refractivity contribution in [3.05, 3.63) is 66.1 Å². The van der Waals surface area contributed by atoms with Crippen LogP contribution in [-0.2, 0) is 4.74 Å². The molecule has 3 heterocycles. The van der Waals surface area contributed by atoms with E-state index >= 15 is 0 Å². The monoisotopic (exact) mass is 494 g/mol. The van der Waals surface area contributed by atoms with Gasteiger partial charge in [-0.25, -0.2) is 13.8 Å². The van der Waals surface area contributed by atoms with Gasteiger partial charge in [-0.1, -0.05) is 6.42 Å². The fourth-order valence-electron chi connectivity index (χ4n) is 4.72. The van der Waals surface area contributed by atoms with Gasteiger partial charge in [0.1, 0.15) is 24.0 Å². The zero-order chi connectivity index (χ0) is 25.1. The van der Waals surface area contributed by atoms with Crippen LogP contribution in [0.25, 0.3) is 16.8 Å². The molecule has 0 aliphatic heterocycles. The zero-order valence-electron chi connectivity index (χ0n) is 20.0. The summed E-state index contributed by atoms with van der Waals surface area (Å²) in [5.74, 6) is -0.717. The van der Waals surface area contributed by atoms with Crippen LogP contribution in [0, 0.1) is 11.6 Å². The number of nitrogens with two attached hydrogens (primary N) is 1. The molecular weight excluding hydrogens is 466 g/mol. The molecule has 3 N–H and O–H groups in total. The van der Waals surface area contributed by atoms with E-state index in [9.17, 15) is 8.78 Å². The van der Waals surface area contributed by atoms with Crippen molar-refractivity contribution in [2.45, 2.75) is 37.6 Å². The Morgan fingerprint density at radius 3 is 2.72 bits per heavy atom. The lowest BCUT2D eigenvalue weighted by atomic mass is 9.81. The Morgan fingerprint density at radius 1 is 1.11 bits per heavy atom. The third kappa shape index (κ3) is 5.00. The molecule has 0 spiro atoms. The van der Waals surface area contributed by atoms with Crippen LogP contribution < -0.4 is 15.8 Å². The topological polar surface area (TPSA) is 99.6 Å². The molecule has 0 radical (unpaired) electrons. The fraction of sp³-hybridized carbons (Fsp3) is 0.346. The van der Waals surface area contributed by atoms with E-state index in [1.54, 1.807) is 30.7 Å². The van der Waals surface area contributed by atoms with Crippen LogP contribution in [0.4, 0.5) is 20.4 Å². The summed E-state index contributed by atoms with van der Waals surface area (Å²) in [7, 11) is 1.52. The van der Waals surface area contributed by atoms with Gasteiger partial charge in [-0.2, -0.15) is 9.61 Å². The number of benzene rings is 1. The Hall–Kier alpha value is -3.63. The molecule has 1 saturated carbocycles. The van der Waals surface area contributed by atoms with Crippen molar-refractivity contribution in [3.63, 3.8) is 0 Å². The lowest BCUT2D eigenvalue weighted by molar-refractivity contribution is 0.146. The van der Waals surface area contributed by atoms with Gasteiger partial charge in [-0.05, 0) is 48.9 Å². The van der Waals surface area contributed by atoms with Crippen LogP contribution in [0.2, 0.25) is 0 Å². The molecule has 188 valence electrons. The summed E-state index contributed by atoms with van der Waals surface area (Å²) in [4.78, 5) is 8.72. The molecule has 4 aromatic rings. The Morgan fingerprint density at radius 2 is 1.94 bits per heavy atom. The van der Waals surface area contributed by atoms with E-state index in [0.29, 0.717) is 24.0 Å². The van der Waals surface area contributed by atoms with Gasteiger partial charge >= 0.3 is 0 Å². The maximum absolute atomic E-state index is 14.9. The predicted molar refractivity (Wildman–Crippen MR) is 132 cm³/mol. The van der Waals surface area contributed by atoms with E-state index in [1.165, 1.54) is 11.6 Å². The number of aromatic nitrogens is 4. The highest BCUT2D eigenvalue weighted by molar-refractivity contribution is 5.66. The number of nitrogens with zero attached hydrogens (tertiary/aromatic N) is 4. The number of hydrogen-bond donors (Lipinski definition) is 2. The maximum atomic E-state index is 14.9. The molecule has 2 atom stereocenters. The van der Waals surface area contributed by atoms with Gasteiger partial charge in [-0.15, -0.1) is 0 Å². The smallest absolute Gasteiger partial charge is 0.229 e. The number of imidazole rings is 1. The third-order valence-corrected chi connectivity index (χ3v) is 6.47. The number of anilines is 2. The van der Waals surface area contributed by atoms with Crippen LogP contribution in [-0.4, -0.2) is 45.9 Å². The van der Waals surface area contributed by atoms with Crippen molar-refractivity contribution in [3.8, 4) is 17.0 Å². The van der Waals surface area contributed by atoms with Crippen LogP contribution in [0.3, 0.4) is 0 Å². The van der Waals surface area contributed by atoms with E-state index in [-0.39, 0.29) is 29.7 Å². The Bertz CT molecular complexity index is 1340. The molecule has 0 saturated heterocycles. The second kappa shape index (κ2) is 10.5. The number of halogens is 2. The first-order valence-electron chi connectivity index (χ1n) is 12.0. The van der Waals surface area contributed by atoms with Gasteiger partial charge in [0.15, 0.2) is 0 Å². The van der Waals surface area contributed by atoms with E-state index in [1.807, 2.05) is 6.07 Å². The number of hydrogen-bond acceptors (Lipinski definition) is 7. The fourth-order valence-corrected chi connectivity index (χ4v) is 4.72. The van der Waals surface area contributed by atoms with Crippen LogP contribution >= 0.6 is 0 Å². The normalized spacial score (nSPS) is 17.9. The first-order valence-corrected chi connectivity index (χ1v) is 12.0. The average molecular weight is 495 g/mol. The van der Waals surface area contributed by atoms with Gasteiger partial charge in [-0.3, -0.25) is 4.98 Å². The summed E-state index contributed by atoms with van der Waals surface area (Å²) >= 11 is 0. The van der Waals surface area contributed by atoms with Crippen molar-refractivity contribution >= 4 is 17.2 Å². The summed E-state index contributed by atoms with van der Waals surface area (Å²) in [5.41, 5.74) is 8.71. The number of methoxy groups -OCH3 is 1. The minimum atomic E-state index is -0.771. The Kier molecular flexibility index (Phi) is 7.06. The van der Waals surface area contributed by atoms with Gasteiger partial charge in [0.05, 0.1) is 41.5 Å². The molecular formula is C26H28F2N6O2. The Balaban J connectivity index is 1.45. The largest absolute Gasteiger partial charge is 0.491 e. The van der Waals surface area contributed by atoms with Gasteiger partial charge in [0.25, 0.3) is 0 Å². The maximum Gasteiger partial charge on any atom is 0.229 e. The molecule has 1 aliphatic rings. The molecule has 1 aromatic carbocycles. The minimum Gasteiger partial charge on any atom is -0.491 e. The van der Waals surface area contributed by atoms with E-state index in [4.69, 9.17) is 15.2 Å². The van der Waals surface area contributed by atoms with E-state index < -0.39 is 11.6 Å². The molecule has 0 amide bonds. The molecule has 3 aromatic heterocycles. The predicted octanol–water partition coefficient (Wildman–Crippen LogP) is 4.82. The van der Waals surface area contributed by atoms with Crippen LogP contribution in [0.5, 0.6) is 5.75 Å². The minimum absolute atomic E-state index is 0.0865. The van der Waals surface area contributed by atoms with Gasteiger partial charge in [0, 0.05) is 31.5 Å². The summed E-state index contributed by atoms with van der Waals surface area (Å²) in [5, 5.41) is 7.81. The van der Waals surface area contributed by atoms with Crippen LogP contribution in [0.15, 0.2) is 48.9 Å². The highest BCUT2D eigenvalue weighted by atomic mass is 19.1. The van der Waals surface area contributed by atoms with Crippen molar-refractivity contribution in [1.82, 2.24) is 19.6 Å². The molecule has 5 rings (SSSR count). The highest BCUT2D eigenvalue weighted by Crippen LogP contribution is 2.36. The summed E-state index contributed by atoms with van der Waals surface area (Å²) in [6.07, 6.45) is 9.25. The number of ether oxygens (including phenoxy) is 2. The number of fused-ring (bicyclic) bond motifs is 1. The highest BCUT2D eigenvalue weighted by Gasteiger charge is 2.24. The summed E-state index contributed by atoms with van der Waals surface area (Å²) in [6.45, 7) is 0.498. The lowest BCUT2D eigenvalue weighted by Crippen LogP contribution is -2.27. The summed E-state index contributed by atoms with van der Waals surface area (Å²) in [6, 6.07) is 7.75. The average Bonchev–Trinajstić information content (AvgIpc) is 3.26. The summed E-state index contributed by atoms with van der Waals surface area (Å²) < 4.78 is 41.6. The van der Waals surface area contributed by atoms with Crippen molar-refractivity contribution in [2.75, 3.05) is 25.6 Å². The zero-order valence-corrected chi connectivity index (χ0v) is 20.0. The number of nitrogens with one attached hydrogen (secondary N) is 1. The molecule has 2 unspecified atom stereocenters. The van der Waals surface area contributed by atoms with Gasteiger partial charge < -0.3 is 20.5 Å². The Labute approximate surface area is 207 Å². The third-order valence-electron chi connectivity index (χ3n) is 6.47. The van der Waals surface area contributed by atoms with E-state index in [2.05, 4.69) is 20.4 Å². The standard InChI is InChI=1S/C26H28F2N6O2/c1-35-9-10-36-19-12-21(27)25(22(28)13-19)23-6-5-18-14-31-26(34(18)33-23)32-24-15-30-8-7-20(24)16-3-2-4-17(29)11-16/h5-8,12-17H,2-4,9-11,29H2,1H3,(H,31,32). The molecule has 0 bridgehead atoms. The first kappa shape index (κ1) is 24.1. The quantitative estimate of drug-likeness (QED) is 0.339. The molecule has 10 heteroatoms. The van der Waals surface area contributed by atoms with Crippen molar-refractivity contribution < 1.29 is 18.3 Å². The molecule has 1 aliphatic carbocycles. The molecule has 8 nitrogen and oxygen atoms in total. The number of pyridine rings is 1. The second-order valence-corrected chi connectivity index (χ2v) is 8.95. The van der Waals surface area contributed by atoms with Gasteiger partial charge in [0.2, 0.25) is 5.95 Å². The van der Waals surface area contributed by atoms with Crippen LogP contribution in [0.1, 0.15) is 37.2 Å². The molecule has 1 fully saturated rings. The second-order valence-electron chi connectivity index (χ2n) is 8.95.